The van der Waals surface area contributed by atoms with E-state index in [1.807, 2.05) is 0 Å². The van der Waals surface area contributed by atoms with Gasteiger partial charge in [-0.1, -0.05) is 12.1 Å². The number of amides is 1. The smallest absolute Gasteiger partial charge is 0.269 e. The Kier molecular flexibility index (Phi) is 6.53. The van der Waals surface area contributed by atoms with Gasteiger partial charge in [-0.25, -0.2) is 8.42 Å². The molecule has 1 aliphatic rings. The summed E-state index contributed by atoms with van der Waals surface area (Å²) in [5.74, 6) is 0.713. The molecule has 11 heteroatoms. The minimum atomic E-state index is -3.79. The number of non-ortho nitro benzene ring substituents is 1. The third-order valence-corrected chi connectivity index (χ3v) is 6.61. The van der Waals surface area contributed by atoms with E-state index in [1.54, 1.807) is 24.3 Å². The Bertz CT molecular complexity index is 1020. The van der Waals surface area contributed by atoms with Gasteiger partial charge in [0.15, 0.2) is 18.1 Å². The first-order chi connectivity index (χ1) is 14.3. The van der Waals surface area contributed by atoms with Gasteiger partial charge in [0, 0.05) is 38.3 Å². The third-order valence-electron chi connectivity index (χ3n) is 4.70. The average Bonchev–Trinajstić information content (AvgIpc) is 2.77. The van der Waals surface area contributed by atoms with Gasteiger partial charge in [-0.05, 0) is 24.3 Å². The molecular formula is C19H21N3O7S. The number of hydrogen-bond donors (Lipinski definition) is 0. The van der Waals surface area contributed by atoms with Gasteiger partial charge in [0.05, 0.1) is 16.9 Å². The van der Waals surface area contributed by atoms with Gasteiger partial charge >= 0.3 is 0 Å². The van der Waals surface area contributed by atoms with E-state index in [4.69, 9.17) is 9.47 Å². The highest BCUT2D eigenvalue weighted by Gasteiger charge is 2.30. The Morgan fingerprint density at radius 1 is 1.03 bits per heavy atom. The summed E-state index contributed by atoms with van der Waals surface area (Å²) >= 11 is 0. The maximum absolute atomic E-state index is 12.7. The molecule has 1 heterocycles. The summed E-state index contributed by atoms with van der Waals surface area (Å²) in [6.07, 6.45) is 0. The summed E-state index contributed by atoms with van der Waals surface area (Å²) in [4.78, 5) is 24.1. The molecule has 1 saturated heterocycles. The van der Waals surface area contributed by atoms with Crippen molar-refractivity contribution in [3.63, 3.8) is 0 Å². The van der Waals surface area contributed by atoms with Crippen LogP contribution in [0.5, 0.6) is 11.5 Å². The van der Waals surface area contributed by atoms with Crippen LogP contribution >= 0.6 is 0 Å². The van der Waals surface area contributed by atoms with Gasteiger partial charge in [-0.3, -0.25) is 14.9 Å². The first-order valence-corrected chi connectivity index (χ1v) is 10.5. The number of ether oxygens (including phenoxy) is 2. The van der Waals surface area contributed by atoms with Crippen molar-refractivity contribution in [3.05, 3.63) is 58.6 Å². The molecule has 1 fully saturated rings. The number of methoxy groups -OCH3 is 1. The molecule has 0 radical (unpaired) electrons. The maximum atomic E-state index is 12.7. The van der Waals surface area contributed by atoms with Crippen LogP contribution in [0.15, 0.2) is 53.4 Å². The van der Waals surface area contributed by atoms with Gasteiger partial charge in [0.2, 0.25) is 10.0 Å². The van der Waals surface area contributed by atoms with E-state index >= 15 is 0 Å². The normalized spacial score (nSPS) is 14.9. The maximum Gasteiger partial charge on any atom is 0.269 e. The molecular weight excluding hydrogens is 414 g/mol. The predicted octanol–water partition coefficient (Wildman–Crippen LogP) is 1.52. The van der Waals surface area contributed by atoms with Gasteiger partial charge in [-0.15, -0.1) is 0 Å². The van der Waals surface area contributed by atoms with Crippen molar-refractivity contribution in [1.29, 1.82) is 0 Å². The number of nitro groups is 1. The molecule has 1 amide bonds. The molecule has 0 aromatic heterocycles. The third kappa shape index (κ3) is 4.69. The monoisotopic (exact) mass is 435 g/mol. The minimum Gasteiger partial charge on any atom is -0.493 e. The molecule has 2 aromatic carbocycles. The number of hydrogen-bond acceptors (Lipinski definition) is 7. The van der Waals surface area contributed by atoms with E-state index in [2.05, 4.69) is 0 Å². The van der Waals surface area contributed by atoms with Crippen molar-refractivity contribution >= 4 is 21.6 Å². The molecule has 1 aliphatic heterocycles. The molecule has 30 heavy (non-hydrogen) atoms. The molecule has 2 aromatic rings. The highest BCUT2D eigenvalue weighted by Crippen LogP contribution is 2.26. The van der Waals surface area contributed by atoms with Crippen LogP contribution in [0.2, 0.25) is 0 Å². The molecule has 0 atom stereocenters. The number of rotatable bonds is 7. The number of nitrogens with zero attached hydrogens (tertiary/aromatic N) is 3. The summed E-state index contributed by atoms with van der Waals surface area (Å²) in [5.41, 5.74) is -0.181. The predicted molar refractivity (Wildman–Crippen MR) is 107 cm³/mol. The van der Waals surface area contributed by atoms with Gasteiger partial charge < -0.3 is 14.4 Å². The fourth-order valence-corrected chi connectivity index (χ4v) is 4.46. The second kappa shape index (κ2) is 9.09. The van der Waals surface area contributed by atoms with Gasteiger partial charge in [0.1, 0.15) is 0 Å². The summed E-state index contributed by atoms with van der Waals surface area (Å²) in [6.45, 7) is 0.509. The first kappa shape index (κ1) is 21.5. The molecule has 0 aliphatic carbocycles. The van der Waals surface area contributed by atoms with Crippen molar-refractivity contribution in [3.8, 4) is 11.5 Å². The molecule has 0 saturated carbocycles. The Labute approximate surface area is 173 Å². The number of sulfonamides is 1. The zero-order valence-corrected chi connectivity index (χ0v) is 17.1. The van der Waals surface area contributed by atoms with Crippen LogP contribution in [0.4, 0.5) is 5.69 Å². The Morgan fingerprint density at radius 3 is 2.20 bits per heavy atom. The SMILES string of the molecule is COc1ccccc1OCC(=O)N1CCN(S(=O)(=O)c2ccc([N+](=O)[O-])cc2)CC1. The Hall–Kier alpha value is -3.18. The van der Waals surface area contributed by atoms with E-state index in [1.165, 1.54) is 28.4 Å². The van der Waals surface area contributed by atoms with Gasteiger partial charge in [-0.2, -0.15) is 4.31 Å². The number of carbonyl (C=O) groups is 1. The average molecular weight is 435 g/mol. The van der Waals surface area contributed by atoms with Crippen molar-refractivity contribution in [2.45, 2.75) is 4.90 Å². The first-order valence-electron chi connectivity index (χ1n) is 9.11. The summed E-state index contributed by atoms with van der Waals surface area (Å²) in [6, 6.07) is 11.7. The highest BCUT2D eigenvalue weighted by molar-refractivity contribution is 7.89. The number of nitro benzene ring substituents is 1. The lowest BCUT2D eigenvalue weighted by atomic mass is 10.3. The lowest BCUT2D eigenvalue weighted by molar-refractivity contribution is -0.384. The Balaban J connectivity index is 1.57. The van der Waals surface area contributed by atoms with E-state index in [0.29, 0.717) is 11.5 Å². The van der Waals surface area contributed by atoms with E-state index < -0.39 is 14.9 Å². The van der Waals surface area contributed by atoms with Crippen molar-refractivity contribution < 1.29 is 27.6 Å². The van der Waals surface area contributed by atoms with E-state index in [-0.39, 0.29) is 49.3 Å². The number of carbonyl (C=O) groups excluding carboxylic acids is 1. The number of benzene rings is 2. The van der Waals surface area contributed by atoms with Crippen molar-refractivity contribution in [1.82, 2.24) is 9.21 Å². The largest absolute Gasteiger partial charge is 0.493 e. The van der Waals surface area contributed by atoms with Crippen LogP contribution in [0.25, 0.3) is 0 Å². The standard InChI is InChI=1S/C19H21N3O7S/c1-28-17-4-2-3-5-18(17)29-14-19(23)20-10-12-21(13-11-20)30(26,27)16-8-6-15(7-9-16)22(24)25/h2-9H,10-14H2,1H3. The fraction of sp³-hybridized carbons (Fsp3) is 0.316. The molecule has 0 unspecified atom stereocenters. The number of para-hydroxylation sites is 2. The van der Waals surface area contributed by atoms with E-state index in [9.17, 15) is 23.3 Å². The lowest BCUT2D eigenvalue weighted by Gasteiger charge is -2.34. The van der Waals surface area contributed by atoms with Gasteiger partial charge in [0.25, 0.3) is 11.6 Å². The molecule has 0 spiro atoms. The van der Waals surface area contributed by atoms with Crippen LogP contribution in [-0.4, -0.2) is 68.3 Å². The zero-order valence-electron chi connectivity index (χ0n) is 16.3. The summed E-state index contributed by atoms with van der Waals surface area (Å²) in [7, 11) is -2.28. The molecule has 0 bridgehead atoms. The van der Waals surface area contributed by atoms with Crippen LogP contribution in [0.1, 0.15) is 0 Å². The second-order valence-electron chi connectivity index (χ2n) is 6.48. The number of piperazine rings is 1. The molecule has 0 N–H and O–H groups in total. The van der Waals surface area contributed by atoms with Crippen molar-refractivity contribution in [2.75, 3.05) is 39.9 Å². The van der Waals surface area contributed by atoms with E-state index in [0.717, 1.165) is 12.1 Å². The van der Waals surface area contributed by atoms with Crippen LogP contribution in [0.3, 0.4) is 0 Å². The fourth-order valence-electron chi connectivity index (χ4n) is 3.04. The molecule has 160 valence electrons. The Morgan fingerprint density at radius 2 is 1.63 bits per heavy atom. The lowest BCUT2D eigenvalue weighted by Crippen LogP contribution is -2.51. The zero-order chi connectivity index (χ0) is 21.7. The quantitative estimate of drug-likeness (QED) is 0.478. The van der Waals surface area contributed by atoms with Crippen LogP contribution in [-0.2, 0) is 14.8 Å². The minimum absolute atomic E-state index is 0.0209. The topological polar surface area (TPSA) is 119 Å². The van der Waals surface area contributed by atoms with Crippen molar-refractivity contribution in [2.24, 2.45) is 0 Å². The second-order valence-corrected chi connectivity index (χ2v) is 8.41. The van der Waals surface area contributed by atoms with Crippen LogP contribution in [0, 0.1) is 10.1 Å². The molecule has 3 rings (SSSR count). The highest BCUT2D eigenvalue weighted by atomic mass is 32.2. The summed E-state index contributed by atoms with van der Waals surface area (Å²) in [5, 5.41) is 10.7. The van der Waals surface area contributed by atoms with Crippen LogP contribution < -0.4 is 9.47 Å². The molecule has 10 nitrogen and oxygen atoms in total. The summed E-state index contributed by atoms with van der Waals surface area (Å²) < 4.78 is 37.5.